The molecule has 0 fully saturated rings. The first-order chi connectivity index (χ1) is 8.34. The molecule has 0 aliphatic rings. The van der Waals surface area contributed by atoms with Crippen LogP contribution in [0.1, 0.15) is 15.5 Å². The third kappa shape index (κ3) is 4.39. The Morgan fingerprint density at radius 1 is 1.56 bits per heavy atom. The number of carboxylic acid groups (broad SMARTS) is 1. The predicted molar refractivity (Wildman–Crippen MR) is 61.7 cm³/mol. The normalized spacial score (nSPS) is 11.2. The molecule has 2 N–H and O–H groups in total. The van der Waals surface area contributed by atoms with Gasteiger partial charge in [0.2, 0.25) is 10.0 Å². The van der Waals surface area contributed by atoms with Crippen LogP contribution in [0, 0.1) is 0 Å². The van der Waals surface area contributed by atoms with Crippen LogP contribution in [-0.4, -0.2) is 43.3 Å². The fraction of sp³-hybridized carbons (Fsp3) is 0.375. The minimum Gasteiger partial charge on any atom is -0.476 e. The van der Waals surface area contributed by atoms with Crippen molar-refractivity contribution in [1.82, 2.24) is 9.71 Å². The summed E-state index contributed by atoms with van der Waals surface area (Å²) in [5, 5.41) is 10.2. The van der Waals surface area contributed by atoms with Gasteiger partial charge in [0.15, 0.2) is 11.4 Å². The summed E-state index contributed by atoms with van der Waals surface area (Å²) in [5.74, 6) is -2.86. The summed E-state index contributed by atoms with van der Waals surface area (Å²) in [4.78, 5) is 25.0. The van der Waals surface area contributed by atoms with Gasteiger partial charge in [0.1, 0.15) is 5.01 Å². The van der Waals surface area contributed by atoms with E-state index in [1.54, 1.807) is 0 Å². The number of nitrogens with zero attached hydrogens (tertiary/aromatic N) is 1. The summed E-state index contributed by atoms with van der Waals surface area (Å²) in [6.45, 7) is -0.169. The summed E-state index contributed by atoms with van der Waals surface area (Å²) in [5.41, 5.74) is -0.151. The number of thiazole rings is 1. The minimum atomic E-state index is -3.81. The molecule has 10 heteroatoms. The molecule has 1 heterocycles. The first-order valence-corrected chi connectivity index (χ1v) is 7.09. The van der Waals surface area contributed by atoms with Crippen molar-refractivity contribution in [1.29, 1.82) is 0 Å². The average Bonchev–Trinajstić information content (AvgIpc) is 2.74. The number of aromatic carboxylic acids is 1. The van der Waals surface area contributed by atoms with Crippen molar-refractivity contribution >= 4 is 33.3 Å². The number of hydrogen-bond acceptors (Lipinski definition) is 7. The Balaban J connectivity index is 2.58. The number of hydrogen-bond donors (Lipinski definition) is 2. The number of nitrogens with one attached hydrogen (secondary N) is 1. The Bertz CT molecular complexity index is 550. The monoisotopic (exact) mass is 294 g/mol. The highest BCUT2D eigenvalue weighted by Gasteiger charge is 2.17. The number of carboxylic acids is 1. The number of esters is 1. The standard InChI is InChI=1S/C8H10N2O6S2/c1-16-7(11)4-18(14,15)9-2-6-10-5(3-17-6)8(12)13/h3,9H,2,4H2,1H3,(H,12,13). The average molecular weight is 294 g/mol. The second-order valence-electron chi connectivity index (χ2n) is 3.09. The number of ether oxygens (including phenoxy) is 1. The van der Waals surface area contributed by atoms with Gasteiger partial charge in [0.05, 0.1) is 13.7 Å². The molecule has 0 aliphatic heterocycles. The van der Waals surface area contributed by atoms with E-state index in [-0.39, 0.29) is 12.2 Å². The lowest BCUT2D eigenvalue weighted by Crippen LogP contribution is -2.30. The largest absolute Gasteiger partial charge is 0.476 e. The lowest BCUT2D eigenvalue weighted by Gasteiger charge is -2.03. The number of carbonyl (C=O) groups excluding carboxylic acids is 1. The highest BCUT2D eigenvalue weighted by molar-refractivity contribution is 7.90. The van der Waals surface area contributed by atoms with E-state index in [0.717, 1.165) is 18.4 Å². The summed E-state index contributed by atoms with van der Waals surface area (Å²) in [6, 6.07) is 0. The lowest BCUT2D eigenvalue weighted by molar-refractivity contribution is -0.137. The van der Waals surface area contributed by atoms with E-state index in [4.69, 9.17) is 5.11 Å². The van der Waals surface area contributed by atoms with E-state index in [1.165, 1.54) is 5.38 Å². The molecule has 0 radical (unpaired) electrons. The Labute approximate surface area is 107 Å². The SMILES string of the molecule is COC(=O)CS(=O)(=O)NCc1nc(C(=O)O)cs1. The Morgan fingerprint density at radius 3 is 2.72 bits per heavy atom. The molecule has 1 aromatic heterocycles. The van der Waals surface area contributed by atoms with Crippen molar-refractivity contribution in [3.63, 3.8) is 0 Å². The summed E-state index contributed by atoms with van der Waals surface area (Å²) in [6.07, 6.45) is 0. The van der Waals surface area contributed by atoms with Crippen LogP contribution < -0.4 is 4.72 Å². The molecular weight excluding hydrogens is 284 g/mol. The van der Waals surface area contributed by atoms with Crippen LogP contribution in [0.4, 0.5) is 0 Å². The van der Waals surface area contributed by atoms with Crippen molar-refractivity contribution < 1.29 is 27.9 Å². The number of carbonyl (C=O) groups is 2. The van der Waals surface area contributed by atoms with Crippen LogP contribution in [0.5, 0.6) is 0 Å². The molecule has 0 aliphatic carbocycles. The predicted octanol–water partition coefficient (Wildman–Crippen LogP) is -0.566. The summed E-state index contributed by atoms with van der Waals surface area (Å²) >= 11 is 1.01. The van der Waals surface area contributed by atoms with Gasteiger partial charge in [-0.15, -0.1) is 11.3 Å². The Hall–Kier alpha value is -1.52. The van der Waals surface area contributed by atoms with E-state index in [9.17, 15) is 18.0 Å². The molecule has 0 spiro atoms. The van der Waals surface area contributed by atoms with Gasteiger partial charge in [-0.25, -0.2) is 22.9 Å². The van der Waals surface area contributed by atoms with Gasteiger partial charge in [-0.1, -0.05) is 0 Å². The third-order valence-corrected chi connectivity index (χ3v) is 3.80. The zero-order valence-corrected chi connectivity index (χ0v) is 10.9. The maximum atomic E-state index is 11.4. The molecule has 0 saturated heterocycles. The number of aromatic nitrogens is 1. The lowest BCUT2D eigenvalue weighted by atomic mass is 10.5. The molecule has 0 bridgehead atoms. The fourth-order valence-corrected chi connectivity index (χ4v) is 2.61. The van der Waals surface area contributed by atoms with Crippen molar-refractivity contribution in [3.8, 4) is 0 Å². The van der Waals surface area contributed by atoms with Gasteiger partial charge in [-0.05, 0) is 0 Å². The zero-order chi connectivity index (χ0) is 13.8. The number of rotatable bonds is 6. The van der Waals surface area contributed by atoms with E-state index in [0.29, 0.717) is 5.01 Å². The van der Waals surface area contributed by atoms with Crippen LogP contribution >= 0.6 is 11.3 Å². The quantitative estimate of drug-likeness (QED) is 0.674. The number of methoxy groups -OCH3 is 1. The first-order valence-electron chi connectivity index (χ1n) is 4.56. The topological polar surface area (TPSA) is 123 Å². The van der Waals surface area contributed by atoms with Crippen LogP contribution in [0.2, 0.25) is 0 Å². The van der Waals surface area contributed by atoms with Gasteiger partial charge < -0.3 is 9.84 Å². The van der Waals surface area contributed by atoms with Crippen molar-refractivity contribution in [3.05, 3.63) is 16.1 Å². The highest BCUT2D eigenvalue weighted by atomic mass is 32.2. The molecule has 0 unspecified atom stereocenters. The van der Waals surface area contributed by atoms with Crippen LogP contribution in [0.15, 0.2) is 5.38 Å². The van der Waals surface area contributed by atoms with Gasteiger partial charge in [-0.2, -0.15) is 0 Å². The van der Waals surface area contributed by atoms with Crippen molar-refractivity contribution in [2.24, 2.45) is 0 Å². The maximum Gasteiger partial charge on any atom is 0.355 e. The maximum absolute atomic E-state index is 11.4. The molecule has 8 nitrogen and oxygen atoms in total. The molecule has 0 aromatic carbocycles. The number of sulfonamides is 1. The minimum absolute atomic E-state index is 0.151. The molecule has 0 amide bonds. The summed E-state index contributed by atoms with van der Waals surface area (Å²) in [7, 11) is -2.73. The molecule has 1 rings (SSSR count). The van der Waals surface area contributed by atoms with Crippen molar-refractivity contribution in [2.75, 3.05) is 12.9 Å². The van der Waals surface area contributed by atoms with E-state index in [2.05, 4.69) is 14.4 Å². The molecule has 18 heavy (non-hydrogen) atoms. The van der Waals surface area contributed by atoms with E-state index < -0.39 is 27.7 Å². The first kappa shape index (κ1) is 14.5. The van der Waals surface area contributed by atoms with Crippen LogP contribution in [0.3, 0.4) is 0 Å². The third-order valence-electron chi connectivity index (χ3n) is 1.75. The van der Waals surface area contributed by atoms with Gasteiger partial charge >= 0.3 is 11.9 Å². The molecule has 0 saturated carbocycles. The second-order valence-corrected chi connectivity index (χ2v) is 5.84. The van der Waals surface area contributed by atoms with E-state index >= 15 is 0 Å². The second kappa shape index (κ2) is 5.89. The molecule has 100 valence electrons. The fourth-order valence-electron chi connectivity index (χ4n) is 0.927. The van der Waals surface area contributed by atoms with Crippen LogP contribution in [0.25, 0.3) is 0 Å². The van der Waals surface area contributed by atoms with Gasteiger partial charge in [0.25, 0.3) is 0 Å². The van der Waals surface area contributed by atoms with Crippen LogP contribution in [-0.2, 0) is 26.1 Å². The van der Waals surface area contributed by atoms with Gasteiger partial charge in [0, 0.05) is 5.38 Å². The summed E-state index contributed by atoms with van der Waals surface area (Å²) < 4.78 is 29.1. The molecule has 1 aromatic rings. The Kier molecular flexibility index (Phi) is 4.76. The smallest absolute Gasteiger partial charge is 0.355 e. The zero-order valence-electron chi connectivity index (χ0n) is 9.24. The Morgan fingerprint density at radius 2 is 2.22 bits per heavy atom. The molecule has 0 atom stereocenters. The van der Waals surface area contributed by atoms with E-state index in [1.807, 2.05) is 0 Å². The molecular formula is C8H10N2O6S2. The van der Waals surface area contributed by atoms with Crippen molar-refractivity contribution in [2.45, 2.75) is 6.54 Å². The highest BCUT2D eigenvalue weighted by Crippen LogP contribution is 2.09. The van der Waals surface area contributed by atoms with Gasteiger partial charge in [-0.3, -0.25) is 4.79 Å².